The quantitative estimate of drug-likeness (QED) is 0.0113. The van der Waals surface area contributed by atoms with Gasteiger partial charge in [0.15, 0.2) is 6.10 Å². The molecule has 0 spiro atoms. The van der Waals surface area contributed by atoms with Crippen molar-refractivity contribution in [3.05, 3.63) is 122 Å². The number of phosphoric ester groups is 1. The van der Waals surface area contributed by atoms with Crippen LogP contribution in [0.4, 0.5) is 0 Å². The fourth-order valence-electron chi connectivity index (χ4n) is 4.99. The third kappa shape index (κ3) is 39.1. The summed E-state index contributed by atoms with van der Waals surface area (Å²) in [6.07, 6.45) is 42.6. The van der Waals surface area contributed by atoms with Crippen LogP contribution in [0.5, 0.6) is 0 Å². The van der Waals surface area contributed by atoms with Crippen LogP contribution in [0.15, 0.2) is 122 Å². The van der Waals surface area contributed by atoms with E-state index in [1.807, 2.05) is 18.2 Å². The number of unbranched alkanes of at least 4 members (excludes halogenated alkanes) is 2. The maximum absolute atomic E-state index is 12.6. The van der Waals surface area contributed by atoms with Gasteiger partial charge in [-0.1, -0.05) is 155 Å². The second kappa shape index (κ2) is 41.3. The molecule has 350 valence electrons. The second-order valence-corrected chi connectivity index (χ2v) is 15.7. The first kappa shape index (κ1) is 58.2. The van der Waals surface area contributed by atoms with Gasteiger partial charge in [0.25, 0.3) is 0 Å². The summed E-state index contributed by atoms with van der Waals surface area (Å²) in [6.45, 7) is 1.65. The van der Waals surface area contributed by atoms with Crippen LogP contribution in [0.1, 0.15) is 110 Å². The Balaban J connectivity index is 4.76. The molecule has 0 aliphatic rings. The van der Waals surface area contributed by atoms with Crippen LogP contribution in [0, 0.1) is 0 Å². The minimum atomic E-state index is -4.73. The molecule has 6 N–H and O–H groups in total. The molecule has 0 rings (SSSR count). The highest BCUT2D eigenvalue weighted by atomic mass is 31.2. The highest BCUT2D eigenvalue weighted by Crippen LogP contribution is 2.43. The molecule has 0 radical (unpaired) electrons. The molecule has 13 nitrogen and oxygen atoms in total. The number of allylic oxidation sites excluding steroid dienone is 18. The number of esters is 2. The molecule has 0 aromatic carbocycles. The number of hydrogen-bond acceptors (Lipinski definition) is 12. The number of aliphatic hydroxyl groups excluding tert-OH is 5. The third-order valence-corrected chi connectivity index (χ3v) is 9.43. The zero-order valence-electron chi connectivity index (χ0n) is 36.9. The first-order chi connectivity index (χ1) is 29.9. The Kier molecular flexibility index (Phi) is 38.8. The second-order valence-electron chi connectivity index (χ2n) is 14.2. The molecule has 0 aromatic heterocycles. The minimum Gasteiger partial charge on any atom is -0.462 e. The van der Waals surface area contributed by atoms with Gasteiger partial charge in [0.05, 0.1) is 38.1 Å². The lowest BCUT2D eigenvalue weighted by molar-refractivity contribution is -0.161. The zero-order chi connectivity index (χ0) is 45.9. The van der Waals surface area contributed by atoms with Gasteiger partial charge in [0.2, 0.25) is 0 Å². The van der Waals surface area contributed by atoms with E-state index in [1.54, 1.807) is 42.5 Å². The van der Waals surface area contributed by atoms with Crippen LogP contribution in [0.25, 0.3) is 0 Å². The third-order valence-electron chi connectivity index (χ3n) is 8.48. The molecule has 14 heteroatoms. The first-order valence-electron chi connectivity index (χ1n) is 21.8. The maximum atomic E-state index is 12.6. The molecule has 0 amide bonds. The van der Waals surface area contributed by atoms with Crippen molar-refractivity contribution in [2.24, 2.45) is 0 Å². The van der Waals surface area contributed by atoms with E-state index in [-0.39, 0.29) is 25.7 Å². The number of rotatable bonds is 38. The van der Waals surface area contributed by atoms with Crippen LogP contribution in [-0.2, 0) is 32.7 Å². The monoisotopic (exact) mass is 890 g/mol. The highest BCUT2D eigenvalue weighted by molar-refractivity contribution is 7.47. The van der Waals surface area contributed by atoms with E-state index in [0.717, 1.165) is 57.8 Å². The largest absolute Gasteiger partial charge is 0.472 e. The Morgan fingerprint density at radius 3 is 1.69 bits per heavy atom. The molecule has 0 aromatic rings. The molecule has 0 fully saturated rings. The van der Waals surface area contributed by atoms with Crippen LogP contribution in [0.3, 0.4) is 0 Å². The topological polar surface area (TPSA) is 210 Å². The van der Waals surface area contributed by atoms with Gasteiger partial charge in [-0.2, -0.15) is 0 Å². The number of carbonyl (C=O) groups excluding carboxylic acids is 2. The molecule has 0 saturated heterocycles. The summed E-state index contributed by atoms with van der Waals surface area (Å²) in [5.74, 6) is -1.37. The Labute approximate surface area is 370 Å². The van der Waals surface area contributed by atoms with E-state index in [0.29, 0.717) is 12.8 Å². The molecule has 0 aliphatic heterocycles. The van der Waals surface area contributed by atoms with Crippen molar-refractivity contribution in [3.8, 4) is 0 Å². The number of carbonyl (C=O) groups is 2. The predicted molar refractivity (Wildman–Crippen MR) is 246 cm³/mol. The molecule has 0 aliphatic carbocycles. The van der Waals surface area contributed by atoms with E-state index >= 15 is 0 Å². The van der Waals surface area contributed by atoms with Gasteiger partial charge >= 0.3 is 19.8 Å². The van der Waals surface area contributed by atoms with E-state index in [9.17, 15) is 39.5 Å². The van der Waals surface area contributed by atoms with Crippen LogP contribution in [-0.4, -0.2) is 99.3 Å². The lowest BCUT2D eigenvalue weighted by Gasteiger charge is -2.20. The van der Waals surface area contributed by atoms with E-state index in [1.165, 1.54) is 6.08 Å². The predicted octanol–water partition coefficient (Wildman–Crippen LogP) is 8.46. The molecular weight excluding hydrogens is 815 g/mol. The molecular formula is C48H75O13P. The van der Waals surface area contributed by atoms with Crippen molar-refractivity contribution < 1.29 is 63.1 Å². The van der Waals surface area contributed by atoms with Gasteiger partial charge in [-0.25, -0.2) is 4.57 Å². The summed E-state index contributed by atoms with van der Waals surface area (Å²) in [4.78, 5) is 35.0. The van der Waals surface area contributed by atoms with Crippen molar-refractivity contribution in [2.45, 2.75) is 141 Å². The summed E-state index contributed by atoms with van der Waals surface area (Å²) in [5, 5.41) is 48.8. The average molecular weight is 891 g/mol. The first-order valence-corrected chi connectivity index (χ1v) is 23.3. The van der Waals surface area contributed by atoms with Gasteiger partial charge in [-0.15, -0.1) is 0 Å². The lowest BCUT2D eigenvalue weighted by Crippen LogP contribution is -2.30. The average Bonchev–Trinajstić information content (AvgIpc) is 3.25. The van der Waals surface area contributed by atoms with Gasteiger partial charge in [0, 0.05) is 12.8 Å². The van der Waals surface area contributed by atoms with Gasteiger partial charge in [-0.3, -0.25) is 18.6 Å². The Morgan fingerprint density at radius 2 is 1.13 bits per heavy atom. The normalized spacial score (nSPS) is 16.5. The lowest BCUT2D eigenvalue weighted by atomic mass is 10.1. The summed E-state index contributed by atoms with van der Waals surface area (Å²) in [6, 6.07) is 0. The fourth-order valence-corrected chi connectivity index (χ4v) is 5.78. The smallest absolute Gasteiger partial charge is 0.462 e. The summed E-state index contributed by atoms with van der Waals surface area (Å²) in [5.41, 5.74) is 0. The number of aliphatic hydroxyl groups is 5. The van der Waals surface area contributed by atoms with Gasteiger partial charge in [0.1, 0.15) is 12.7 Å². The van der Waals surface area contributed by atoms with Crippen molar-refractivity contribution >= 4 is 19.8 Å². The number of phosphoric acid groups is 1. The van der Waals surface area contributed by atoms with E-state index in [4.69, 9.17) is 19.1 Å². The summed E-state index contributed by atoms with van der Waals surface area (Å²) in [7, 11) is -4.73. The van der Waals surface area contributed by atoms with Crippen molar-refractivity contribution in [2.75, 3.05) is 26.4 Å². The fraction of sp³-hybridized carbons (Fsp3) is 0.542. The zero-order valence-corrected chi connectivity index (χ0v) is 37.8. The molecule has 62 heavy (non-hydrogen) atoms. The molecule has 1 unspecified atom stereocenters. The van der Waals surface area contributed by atoms with Crippen molar-refractivity contribution in [1.29, 1.82) is 0 Å². The SMILES string of the molecule is CC/C=C\C/C=C\C/C=C\C/C=C\C/C=C\C/C=C\CCC(=O)O[C@H](COC(=O)CCC[C@@H](O)[C@H](O)/C=C/C=C/C=C\C=C\[C@H](O)CCCCC)COP(=O)(O)OC[C@@H](O)CO. The van der Waals surface area contributed by atoms with Crippen LogP contribution in [0.2, 0.25) is 0 Å². The molecule has 0 saturated carbocycles. The summed E-state index contributed by atoms with van der Waals surface area (Å²) >= 11 is 0. The Morgan fingerprint density at radius 1 is 0.597 bits per heavy atom. The Hall–Kier alpha value is -3.75. The molecule has 6 atom stereocenters. The summed E-state index contributed by atoms with van der Waals surface area (Å²) < 4.78 is 32.4. The van der Waals surface area contributed by atoms with E-state index < -0.39 is 76.7 Å². The van der Waals surface area contributed by atoms with Crippen LogP contribution < -0.4 is 0 Å². The molecule has 0 heterocycles. The Bertz CT molecular complexity index is 1490. The van der Waals surface area contributed by atoms with Crippen molar-refractivity contribution in [1.82, 2.24) is 0 Å². The van der Waals surface area contributed by atoms with Crippen molar-refractivity contribution in [3.63, 3.8) is 0 Å². The highest BCUT2D eigenvalue weighted by Gasteiger charge is 2.27. The number of hydrogen-bond donors (Lipinski definition) is 6. The number of ether oxygens (including phenoxy) is 2. The van der Waals surface area contributed by atoms with Gasteiger partial charge in [-0.05, 0) is 64.2 Å². The maximum Gasteiger partial charge on any atom is 0.472 e. The minimum absolute atomic E-state index is 0.0225. The van der Waals surface area contributed by atoms with E-state index in [2.05, 4.69) is 73.1 Å². The molecule has 0 bridgehead atoms. The van der Waals surface area contributed by atoms with Crippen LogP contribution >= 0.6 is 7.82 Å². The standard InChI is InChI=1S/C48H75O13P/c1-3-5-7-8-9-10-11-12-13-14-15-16-17-18-19-20-21-26-30-36-48(55)61-44(41-60-62(56,57)59-39-43(51)38-49)40-58-47(54)37-31-35-46(53)45(52)34-29-25-23-22-24-28-33-42(50)32-27-6-4-2/h5,7,9-10,12-13,15-16,18-19,21-26,28-29,33-34,42-46,49-53H,3-4,6,8,11,14,17,20,27,30-32,35-41H2,1-2H3,(H,56,57)/b7-5-,10-9-,13-12-,16-15-,19-18-,24-22-,25-23+,26-21-,33-28+,34-29+/t42-,43+,44-,45-,46-/m1/s1. The van der Waals surface area contributed by atoms with Gasteiger partial charge < -0.3 is 39.9 Å².